The fourth-order valence-electron chi connectivity index (χ4n) is 1.99. The van der Waals surface area contributed by atoms with Gasteiger partial charge < -0.3 is 10.1 Å². The van der Waals surface area contributed by atoms with Gasteiger partial charge in [-0.25, -0.2) is 0 Å². The van der Waals surface area contributed by atoms with Crippen molar-refractivity contribution in [2.45, 2.75) is 39.5 Å². The van der Waals surface area contributed by atoms with Crippen molar-refractivity contribution in [3.63, 3.8) is 0 Å². The van der Waals surface area contributed by atoms with E-state index in [1.165, 1.54) is 6.07 Å². The third kappa shape index (κ3) is 4.18. The van der Waals surface area contributed by atoms with Crippen LogP contribution in [0.4, 0.5) is 14.5 Å². The summed E-state index contributed by atoms with van der Waals surface area (Å²) >= 11 is 0. The van der Waals surface area contributed by atoms with Crippen LogP contribution in [0.3, 0.4) is 0 Å². The number of anilines is 1. The van der Waals surface area contributed by atoms with Crippen molar-refractivity contribution in [1.29, 1.82) is 0 Å². The zero-order chi connectivity index (χ0) is 15.4. The third-order valence-electron chi connectivity index (χ3n) is 3.10. The molecule has 21 heavy (non-hydrogen) atoms. The molecule has 0 aliphatic carbocycles. The van der Waals surface area contributed by atoms with Crippen molar-refractivity contribution in [2.75, 3.05) is 5.32 Å². The summed E-state index contributed by atoms with van der Waals surface area (Å²) in [6.45, 7) is 3.23. The Morgan fingerprint density at radius 2 is 2.00 bits per heavy atom. The van der Waals surface area contributed by atoms with Crippen LogP contribution < -0.4 is 10.1 Å². The number of ether oxygens (including phenoxy) is 1. The van der Waals surface area contributed by atoms with E-state index in [2.05, 4.69) is 15.2 Å². The Labute approximate surface area is 122 Å². The van der Waals surface area contributed by atoms with Gasteiger partial charge in [0.15, 0.2) is 0 Å². The zero-order valence-electron chi connectivity index (χ0n) is 12.3. The van der Waals surface area contributed by atoms with E-state index in [4.69, 9.17) is 0 Å². The van der Waals surface area contributed by atoms with Gasteiger partial charge >= 0.3 is 6.61 Å². The summed E-state index contributed by atoms with van der Waals surface area (Å²) in [6.07, 6.45) is 3.66. The molecule has 0 aliphatic heterocycles. The van der Waals surface area contributed by atoms with Gasteiger partial charge in [-0.2, -0.15) is 13.9 Å². The number of rotatable bonds is 6. The highest BCUT2D eigenvalue weighted by Crippen LogP contribution is 2.24. The first-order valence-corrected chi connectivity index (χ1v) is 6.81. The van der Waals surface area contributed by atoms with Crippen LogP contribution in [0, 0.1) is 0 Å². The first kappa shape index (κ1) is 15.3. The highest BCUT2D eigenvalue weighted by molar-refractivity contribution is 5.42. The molecular formula is C15H19F2N3O. The fourth-order valence-corrected chi connectivity index (χ4v) is 1.99. The molecule has 0 amide bonds. The average Bonchev–Trinajstić information content (AvgIpc) is 2.87. The summed E-state index contributed by atoms with van der Waals surface area (Å²) in [5, 5.41) is 7.54. The van der Waals surface area contributed by atoms with Gasteiger partial charge in [0.05, 0.1) is 11.9 Å². The summed E-state index contributed by atoms with van der Waals surface area (Å²) in [5.41, 5.74) is 1.75. The monoisotopic (exact) mass is 295 g/mol. The summed E-state index contributed by atoms with van der Waals surface area (Å²) in [7, 11) is 0. The van der Waals surface area contributed by atoms with Gasteiger partial charge in [-0.15, -0.1) is 0 Å². The molecule has 0 aliphatic rings. The van der Waals surface area contributed by atoms with E-state index < -0.39 is 6.61 Å². The normalized spacial score (nSPS) is 12.7. The average molecular weight is 295 g/mol. The lowest BCUT2D eigenvalue weighted by atomic mass is 10.1. The first-order valence-electron chi connectivity index (χ1n) is 6.81. The van der Waals surface area contributed by atoms with Gasteiger partial charge in [0.1, 0.15) is 5.75 Å². The van der Waals surface area contributed by atoms with Gasteiger partial charge in [0.25, 0.3) is 0 Å². The molecular weight excluding hydrogens is 276 g/mol. The topological polar surface area (TPSA) is 39.1 Å². The smallest absolute Gasteiger partial charge is 0.387 e. The SMILES string of the molecule is CC(Nc1cnn(C(C)C)c1)c1cccc(OC(F)F)c1. The Kier molecular flexibility index (Phi) is 4.77. The molecule has 2 rings (SSSR count). The maximum absolute atomic E-state index is 12.2. The molecule has 6 heteroatoms. The molecule has 1 atom stereocenters. The summed E-state index contributed by atoms with van der Waals surface area (Å²) in [4.78, 5) is 0. The number of nitrogens with one attached hydrogen (secondary N) is 1. The van der Waals surface area contributed by atoms with Crippen molar-refractivity contribution < 1.29 is 13.5 Å². The van der Waals surface area contributed by atoms with E-state index in [1.54, 1.807) is 18.3 Å². The lowest BCUT2D eigenvalue weighted by Gasteiger charge is -2.15. The predicted octanol–water partition coefficient (Wildman–Crippen LogP) is 4.24. The Morgan fingerprint density at radius 3 is 2.62 bits per heavy atom. The Balaban J connectivity index is 2.06. The molecule has 0 spiro atoms. The molecule has 2 aromatic rings. The van der Waals surface area contributed by atoms with Gasteiger partial charge in [0, 0.05) is 18.3 Å². The quantitative estimate of drug-likeness (QED) is 0.866. The first-order chi connectivity index (χ1) is 9.95. The number of alkyl halides is 2. The van der Waals surface area contributed by atoms with E-state index in [9.17, 15) is 8.78 Å². The number of benzene rings is 1. The van der Waals surface area contributed by atoms with Crippen LogP contribution in [0.5, 0.6) is 5.75 Å². The lowest BCUT2D eigenvalue weighted by molar-refractivity contribution is -0.0498. The van der Waals surface area contributed by atoms with E-state index in [0.717, 1.165) is 11.3 Å². The van der Waals surface area contributed by atoms with Gasteiger partial charge in [-0.1, -0.05) is 12.1 Å². The van der Waals surface area contributed by atoms with Crippen LogP contribution in [0.15, 0.2) is 36.7 Å². The second kappa shape index (κ2) is 6.56. The molecule has 0 bridgehead atoms. The van der Waals surface area contributed by atoms with Crippen molar-refractivity contribution >= 4 is 5.69 Å². The van der Waals surface area contributed by atoms with Crippen LogP contribution in [0.25, 0.3) is 0 Å². The van der Waals surface area contributed by atoms with Crippen LogP contribution in [-0.4, -0.2) is 16.4 Å². The fraction of sp³-hybridized carbons (Fsp3) is 0.400. The van der Waals surface area contributed by atoms with E-state index >= 15 is 0 Å². The van der Waals surface area contributed by atoms with Crippen molar-refractivity contribution in [3.8, 4) is 5.75 Å². The molecule has 1 aromatic heterocycles. The Bertz CT molecular complexity index is 584. The minimum atomic E-state index is -2.81. The molecule has 114 valence electrons. The Morgan fingerprint density at radius 1 is 1.24 bits per heavy atom. The molecule has 0 saturated heterocycles. The van der Waals surface area contributed by atoms with Gasteiger partial charge in [0.2, 0.25) is 0 Å². The highest BCUT2D eigenvalue weighted by atomic mass is 19.3. The molecule has 0 radical (unpaired) electrons. The largest absolute Gasteiger partial charge is 0.435 e. The molecule has 1 heterocycles. The molecule has 1 N–H and O–H groups in total. The predicted molar refractivity (Wildman–Crippen MR) is 77.7 cm³/mol. The molecule has 0 saturated carbocycles. The van der Waals surface area contributed by atoms with Crippen molar-refractivity contribution in [1.82, 2.24) is 9.78 Å². The maximum Gasteiger partial charge on any atom is 0.387 e. The highest BCUT2D eigenvalue weighted by Gasteiger charge is 2.10. The van der Waals surface area contributed by atoms with E-state index in [0.29, 0.717) is 6.04 Å². The number of hydrogen-bond acceptors (Lipinski definition) is 3. The number of aromatic nitrogens is 2. The summed E-state index contributed by atoms with van der Waals surface area (Å²) in [5.74, 6) is 0.161. The van der Waals surface area contributed by atoms with Gasteiger partial charge in [-0.05, 0) is 38.5 Å². The lowest BCUT2D eigenvalue weighted by Crippen LogP contribution is -2.07. The summed E-state index contributed by atoms with van der Waals surface area (Å²) < 4.78 is 30.7. The second-order valence-corrected chi connectivity index (χ2v) is 5.12. The number of hydrogen-bond donors (Lipinski definition) is 1. The minimum absolute atomic E-state index is 0.0453. The van der Waals surface area contributed by atoms with Crippen LogP contribution in [-0.2, 0) is 0 Å². The molecule has 4 nitrogen and oxygen atoms in total. The molecule has 0 fully saturated rings. The van der Waals surface area contributed by atoms with Crippen LogP contribution >= 0.6 is 0 Å². The molecule has 1 unspecified atom stereocenters. The second-order valence-electron chi connectivity index (χ2n) is 5.12. The van der Waals surface area contributed by atoms with Crippen molar-refractivity contribution in [3.05, 3.63) is 42.2 Å². The molecule has 1 aromatic carbocycles. The van der Waals surface area contributed by atoms with Crippen LogP contribution in [0.1, 0.15) is 38.4 Å². The standard InChI is InChI=1S/C15H19F2N3O/c1-10(2)20-9-13(8-18-20)19-11(3)12-5-4-6-14(7-12)21-15(16)17/h4-11,15,19H,1-3H3. The number of halogens is 2. The van der Waals surface area contributed by atoms with Crippen LogP contribution in [0.2, 0.25) is 0 Å². The van der Waals surface area contributed by atoms with Crippen molar-refractivity contribution in [2.24, 2.45) is 0 Å². The summed E-state index contributed by atoms with van der Waals surface area (Å²) in [6, 6.07) is 6.93. The third-order valence-corrected chi connectivity index (χ3v) is 3.10. The Hall–Kier alpha value is -2.11. The van der Waals surface area contributed by atoms with Gasteiger partial charge in [-0.3, -0.25) is 4.68 Å². The number of nitrogens with zero attached hydrogens (tertiary/aromatic N) is 2. The maximum atomic E-state index is 12.2. The zero-order valence-corrected chi connectivity index (χ0v) is 12.3. The van der Waals surface area contributed by atoms with E-state index in [1.807, 2.05) is 37.7 Å². The van der Waals surface area contributed by atoms with E-state index in [-0.39, 0.29) is 11.8 Å². The minimum Gasteiger partial charge on any atom is -0.435 e.